The molecule has 48 valence electrons. The van der Waals surface area contributed by atoms with Crippen LogP contribution in [0.3, 0.4) is 0 Å². The zero-order valence-electron chi connectivity index (χ0n) is 5.65. The van der Waals surface area contributed by atoms with Crippen LogP contribution in [-0.2, 0) is 26.2 Å². The number of hydrogen-bond donors (Lipinski definition) is 1. The molecule has 2 heteroatoms. The van der Waals surface area contributed by atoms with Gasteiger partial charge in [-0.2, -0.15) is 0 Å². The van der Waals surface area contributed by atoms with Crippen molar-refractivity contribution >= 4 is 0 Å². The Morgan fingerprint density at radius 1 is 1.50 bits per heavy atom. The number of hydrogen-bond acceptors (Lipinski definition) is 1. The molecule has 1 atom stereocenters. The van der Waals surface area contributed by atoms with Crippen molar-refractivity contribution in [1.82, 2.24) is 0 Å². The molecule has 8 heavy (non-hydrogen) atoms. The first-order valence-electron chi connectivity index (χ1n) is 2.95. The van der Waals surface area contributed by atoms with Gasteiger partial charge in [-0.25, -0.2) is 0 Å². The van der Waals surface area contributed by atoms with Crippen LogP contribution in [0.1, 0.15) is 33.1 Å². The average molecular weight is 193 g/mol. The van der Waals surface area contributed by atoms with Gasteiger partial charge in [0.25, 0.3) is 0 Å². The Kier molecular flexibility index (Phi) is 11.4. The van der Waals surface area contributed by atoms with E-state index in [0.29, 0.717) is 0 Å². The first-order chi connectivity index (χ1) is 3.27. The second-order valence-corrected chi connectivity index (χ2v) is 1.99. The topological polar surface area (TPSA) is 20.2 Å². The first-order valence-corrected chi connectivity index (χ1v) is 2.95. The summed E-state index contributed by atoms with van der Waals surface area (Å²) in [5.74, 6) is 0. The number of aliphatic hydroxyl groups excluding tert-OH is 1. The van der Waals surface area contributed by atoms with E-state index in [4.69, 9.17) is 5.11 Å². The molecule has 1 N–H and O–H groups in total. The van der Waals surface area contributed by atoms with Crippen LogP contribution < -0.4 is 0 Å². The van der Waals surface area contributed by atoms with Crippen molar-refractivity contribution in [1.29, 1.82) is 0 Å². The van der Waals surface area contributed by atoms with Gasteiger partial charge < -0.3 is 5.11 Å². The van der Waals surface area contributed by atoms with Crippen LogP contribution in [0.25, 0.3) is 0 Å². The van der Waals surface area contributed by atoms with Crippen molar-refractivity contribution < 1.29 is 31.3 Å². The first kappa shape index (κ1) is 11.6. The third-order valence-electron chi connectivity index (χ3n) is 0.975. The Morgan fingerprint density at radius 3 is 2.12 bits per heavy atom. The van der Waals surface area contributed by atoms with Gasteiger partial charge in [0, 0.05) is 26.2 Å². The maximum atomic E-state index is 8.68. The average Bonchev–Trinajstić information content (AvgIpc) is 1.61. The quantitative estimate of drug-likeness (QED) is 0.721. The van der Waals surface area contributed by atoms with E-state index >= 15 is 0 Å². The van der Waals surface area contributed by atoms with Crippen LogP contribution in [0.15, 0.2) is 0 Å². The van der Waals surface area contributed by atoms with E-state index in [0.717, 1.165) is 12.8 Å². The monoisotopic (exact) mass is 192 g/mol. The van der Waals surface area contributed by atoms with Gasteiger partial charge in [0.05, 0.1) is 6.10 Å². The third kappa shape index (κ3) is 9.96. The molecule has 0 aromatic rings. The summed E-state index contributed by atoms with van der Waals surface area (Å²) in [5, 5.41) is 8.68. The van der Waals surface area contributed by atoms with E-state index in [9.17, 15) is 0 Å². The summed E-state index contributed by atoms with van der Waals surface area (Å²) < 4.78 is 0. The van der Waals surface area contributed by atoms with E-state index in [-0.39, 0.29) is 32.3 Å². The number of unbranched alkanes of at least 4 members (excludes halogenated alkanes) is 1. The molecule has 0 radical (unpaired) electrons. The molecule has 1 unspecified atom stereocenters. The van der Waals surface area contributed by atoms with Crippen molar-refractivity contribution in [2.24, 2.45) is 0 Å². The zero-order chi connectivity index (χ0) is 5.70. The Hall–Kier alpha value is 0.843. The minimum atomic E-state index is -0.0973. The standard InChI is InChI=1S/C6H14O.Zr/c1-3-4-5-6(2)7;/h6-7H,3-5H2,1-2H3;. The molecule has 0 aliphatic carbocycles. The molecular weight excluding hydrogens is 179 g/mol. The van der Waals surface area contributed by atoms with Crippen molar-refractivity contribution in [3.63, 3.8) is 0 Å². The molecule has 0 rings (SSSR count). The molecular formula is C6H14OZr. The molecule has 0 saturated carbocycles. The minimum Gasteiger partial charge on any atom is -0.393 e. The molecule has 0 heterocycles. The second-order valence-electron chi connectivity index (χ2n) is 1.99. The van der Waals surface area contributed by atoms with E-state index in [1.807, 2.05) is 6.92 Å². The normalized spacial score (nSPS) is 12.4. The van der Waals surface area contributed by atoms with Gasteiger partial charge in [0.2, 0.25) is 0 Å². The van der Waals surface area contributed by atoms with Gasteiger partial charge in [-0.15, -0.1) is 0 Å². The van der Waals surface area contributed by atoms with Gasteiger partial charge in [-0.1, -0.05) is 19.8 Å². The summed E-state index contributed by atoms with van der Waals surface area (Å²) in [7, 11) is 0. The van der Waals surface area contributed by atoms with Crippen molar-refractivity contribution in [3.8, 4) is 0 Å². The Bertz CT molecular complexity index is 37.5. The summed E-state index contributed by atoms with van der Waals surface area (Å²) >= 11 is 0. The molecule has 0 spiro atoms. The third-order valence-corrected chi connectivity index (χ3v) is 0.975. The van der Waals surface area contributed by atoms with E-state index < -0.39 is 0 Å². The van der Waals surface area contributed by atoms with Crippen LogP contribution >= 0.6 is 0 Å². The number of aliphatic hydroxyl groups is 1. The predicted octanol–water partition coefficient (Wildman–Crippen LogP) is 1.55. The van der Waals surface area contributed by atoms with Crippen LogP contribution in [0, 0.1) is 0 Å². The Balaban J connectivity index is 0. The van der Waals surface area contributed by atoms with E-state index in [1.54, 1.807) is 0 Å². The van der Waals surface area contributed by atoms with Gasteiger partial charge in [-0.3, -0.25) is 0 Å². The maximum absolute atomic E-state index is 8.68. The van der Waals surface area contributed by atoms with Gasteiger partial charge in [0.1, 0.15) is 0 Å². The summed E-state index contributed by atoms with van der Waals surface area (Å²) in [6.07, 6.45) is 3.19. The molecule has 1 nitrogen and oxygen atoms in total. The van der Waals surface area contributed by atoms with Crippen LogP contribution in [0.5, 0.6) is 0 Å². The largest absolute Gasteiger partial charge is 0.393 e. The van der Waals surface area contributed by atoms with Crippen molar-refractivity contribution in [3.05, 3.63) is 0 Å². The molecule has 0 aliphatic rings. The summed E-state index contributed by atoms with van der Waals surface area (Å²) in [6.45, 7) is 3.96. The van der Waals surface area contributed by atoms with Crippen molar-refractivity contribution in [2.75, 3.05) is 0 Å². The molecule has 0 amide bonds. The maximum Gasteiger partial charge on any atom is 0.0512 e. The molecule has 0 saturated heterocycles. The smallest absolute Gasteiger partial charge is 0.0512 e. The molecule has 0 fully saturated rings. The molecule has 0 bridgehead atoms. The van der Waals surface area contributed by atoms with Gasteiger partial charge >= 0.3 is 0 Å². The van der Waals surface area contributed by atoms with Crippen LogP contribution in [-0.4, -0.2) is 11.2 Å². The Morgan fingerprint density at radius 2 is 2.00 bits per heavy atom. The summed E-state index contributed by atoms with van der Waals surface area (Å²) in [6, 6.07) is 0. The molecule has 0 aromatic carbocycles. The fourth-order valence-electron chi connectivity index (χ4n) is 0.500. The summed E-state index contributed by atoms with van der Waals surface area (Å²) in [4.78, 5) is 0. The molecule has 0 aromatic heterocycles. The molecule has 0 aliphatic heterocycles. The fraction of sp³-hybridized carbons (Fsp3) is 1.00. The number of rotatable bonds is 3. The van der Waals surface area contributed by atoms with Crippen molar-refractivity contribution in [2.45, 2.75) is 39.2 Å². The zero-order valence-corrected chi connectivity index (χ0v) is 8.10. The Labute approximate surface area is 70.6 Å². The van der Waals surface area contributed by atoms with E-state index in [2.05, 4.69) is 6.92 Å². The summed E-state index contributed by atoms with van der Waals surface area (Å²) in [5.41, 5.74) is 0. The SMILES string of the molecule is CCCCC(C)O.[Zr]. The predicted molar refractivity (Wildman–Crippen MR) is 31.2 cm³/mol. The second kappa shape index (κ2) is 7.84. The van der Waals surface area contributed by atoms with Crippen LogP contribution in [0.2, 0.25) is 0 Å². The minimum absolute atomic E-state index is 0. The fourth-order valence-corrected chi connectivity index (χ4v) is 0.500. The van der Waals surface area contributed by atoms with Gasteiger partial charge in [0.15, 0.2) is 0 Å². The van der Waals surface area contributed by atoms with Crippen LogP contribution in [0.4, 0.5) is 0 Å². The van der Waals surface area contributed by atoms with E-state index in [1.165, 1.54) is 6.42 Å². The van der Waals surface area contributed by atoms with Gasteiger partial charge in [-0.05, 0) is 13.3 Å².